The van der Waals surface area contributed by atoms with Crippen molar-refractivity contribution >= 4 is 39.9 Å². The highest BCUT2D eigenvalue weighted by Gasteiger charge is 2.23. The zero-order chi connectivity index (χ0) is 19.0. The van der Waals surface area contributed by atoms with E-state index in [1.807, 2.05) is 25.1 Å². The second kappa shape index (κ2) is 7.20. The van der Waals surface area contributed by atoms with Crippen LogP contribution in [0.4, 0.5) is 5.69 Å². The lowest BCUT2D eigenvalue weighted by Crippen LogP contribution is -2.20. The monoisotopic (exact) mass is 380 g/mol. The maximum atomic E-state index is 13.1. The first kappa shape index (κ1) is 17.8. The first-order chi connectivity index (χ1) is 13.0. The summed E-state index contributed by atoms with van der Waals surface area (Å²) in [7, 11) is 0. The minimum atomic E-state index is -0.122. The first-order valence-corrected chi connectivity index (χ1v) is 9.65. The molecule has 3 aromatic rings. The van der Waals surface area contributed by atoms with E-state index in [4.69, 9.17) is 11.6 Å². The van der Waals surface area contributed by atoms with Gasteiger partial charge in [0.15, 0.2) is 5.78 Å². The number of carbonyl (C=O) groups excluding carboxylic acids is 2. The van der Waals surface area contributed by atoms with Crippen molar-refractivity contribution in [3.8, 4) is 0 Å². The van der Waals surface area contributed by atoms with Crippen molar-refractivity contribution in [1.82, 2.24) is 4.98 Å². The molecule has 27 heavy (non-hydrogen) atoms. The number of anilines is 1. The molecule has 1 saturated carbocycles. The molecule has 1 amide bonds. The van der Waals surface area contributed by atoms with Gasteiger partial charge in [-0.2, -0.15) is 0 Å². The third-order valence-corrected chi connectivity index (χ3v) is 5.65. The lowest BCUT2D eigenvalue weighted by Gasteiger charge is -2.11. The molecule has 1 fully saturated rings. The zero-order valence-corrected chi connectivity index (χ0v) is 15.9. The van der Waals surface area contributed by atoms with Crippen LogP contribution in [0.15, 0.2) is 42.5 Å². The predicted molar refractivity (Wildman–Crippen MR) is 109 cm³/mol. The minimum absolute atomic E-state index is 0.0677. The summed E-state index contributed by atoms with van der Waals surface area (Å²) in [6, 6.07) is 12.7. The number of aryl methyl sites for hydroxylation is 1. The number of halogens is 1. The van der Waals surface area contributed by atoms with E-state index >= 15 is 0 Å². The maximum Gasteiger partial charge on any atom is 0.227 e. The summed E-state index contributed by atoms with van der Waals surface area (Å²) < 4.78 is 0. The van der Waals surface area contributed by atoms with Crippen LogP contribution in [0.2, 0.25) is 5.02 Å². The lowest BCUT2D eigenvalue weighted by molar-refractivity contribution is -0.119. The van der Waals surface area contributed by atoms with Crippen molar-refractivity contribution in [3.63, 3.8) is 0 Å². The Hall–Kier alpha value is -2.59. The van der Waals surface area contributed by atoms with Crippen LogP contribution in [0.25, 0.3) is 10.9 Å². The summed E-state index contributed by atoms with van der Waals surface area (Å²) in [5.41, 5.74) is 3.43. The van der Waals surface area contributed by atoms with Gasteiger partial charge < -0.3 is 10.3 Å². The molecule has 0 spiro atoms. The van der Waals surface area contributed by atoms with Crippen LogP contribution in [-0.2, 0) is 4.79 Å². The fourth-order valence-corrected chi connectivity index (χ4v) is 4.13. The van der Waals surface area contributed by atoms with Crippen LogP contribution < -0.4 is 5.32 Å². The molecule has 5 heteroatoms. The number of ketones is 1. The third kappa shape index (κ3) is 3.37. The number of hydrogen-bond acceptors (Lipinski definition) is 2. The van der Waals surface area contributed by atoms with Crippen LogP contribution >= 0.6 is 11.6 Å². The average Bonchev–Trinajstić information content (AvgIpc) is 3.29. The van der Waals surface area contributed by atoms with E-state index in [0.29, 0.717) is 21.8 Å². The molecule has 0 unspecified atom stereocenters. The van der Waals surface area contributed by atoms with Gasteiger partial charge in [0.05, 0.1) is 10.6 Å². The van der Waals surface area contributed by atoms with Crippen molar-refractivity contribution in [1.29, 1.82) is 0 Å². The first-order valence-electron chi connectivity index (χ1n) is 9.27. The molecular weight excluding hydrogens is 360 g/mol. The molecule has 1 aromatic heterocycles. The van der Waals surface area contributed by atoms with Crippen LogP contribution in [0.5, 0.6) is 0 Å². The molecule has 0 radical (unpaired) electrons. The molecule has 0 bridgehead atoms. The SMILES string of the molecule is Cc1[nH]c2ccc(NC(=O)C3CCCC3)cc2c1C(=O)c1ccccc1Cl. The van der Waals surface area contributed by atoms with Gasteiger partial charge in [0.25, 0.3) is 0 Å². The van der Waals surface area contributed by atoms with Crippen molar-refractivity contribution in [3.05, 3.63) is 64.3 Å². The summed E-state index contributed by atoms with van der Waals surface area (Å²) in [5, 5.41) is 4.24. The summed E-state index contributed by atoms with van der Waals surface area (Å²) in [5.74, 6) is 0.0413. The number of H-pyrrole nitrogens is 1. The van der Waals surface area contributed by atoms with Gasteiger partial charge in [0.1, 0.15) is 0 Å². The number of rotatable bonds is 4. The van der Waals surface area contributed by atoms with Crippen LogP contribution in [0, 0.1) is 12.8 Å². The Morgan fingerprint density at radius 3 is 2.59 bits per heavy atom. The van der Waals surface area contributed by atoms with Gasteiger partial charge in [-0.15, -0.1) is 0 Å². The van der Waals surface area contributed by atoms with E-state index < -0.39 is 0 Å². The zero-order valence-electron chi connectivity index (χ0n) is 15.1. The standard InChI is InChI=1S/C22H21ClN2O2/c1-13-20(21(26)16-8-4-5-9-18(16)23)17-12-15(10-11-19(17)24-13)25-22(27)14-6-2-3-7-14/h4-5,8-12,14,24H,2-3,6-7H2,1H3,(H,25,27). The second-order valence-electron chi connectivity index (χ2n) is 7.16. The Balaban J connectivity index is 1.71. The van der Waals surface area contributed by atoms with Crippen molar-refractivity contribution in [2.45, 2.75) is 32.6 Å². The summed E-state index contributed by atoms with van der Waals surface area (Å²) >= 11 is 6.22. The number of aromatic amines is 1. The molecule has 2 aromatic carbocycles. The molecule has 1 aliphatic carbocycles. The molecule has 0 saturated heterocycles. The largest absolute Gasteiger partial charge is 0.358 e. The summed E-state index contributed by atoms with van der Waals surface area (Å²) in [6.07, 6.45) is 4.14. The number of fused-ring (bicyclic) bond motifs is 1. The molecular formula is C22H21ClN2O2. The average molecular weight is 381 g/mol. The maximum absolute atomic E-state index is 13.1. The van der Waals surface area contributed by atoms with Crippen LogP contribution in [-0.4, -0.2) is 16.7 Å². The van der Waals surface area contributed by atoms with Gasteiger partial charge in [-0.3, -0.25) is 9.59 Å². The van der Waals surface area contributed by atoms with Gasteiger partial charge in [0.2, 0.25) is 5.91 Å². The molecule has 1 heterocycles. The highest BCUT2D eigenvalue weighted by Crippen LogP contribution is 2.30. The fourth-order valence-electron chi connectivity index (χ4n) is 3.91. The number of amides is 1. The minimum Gasteiger partial charge on any atom is -0.358 e. The number of nitrogens with one attached hydrogen (secondary N) is 2. The topological polar surface area (TPSA) is 62.0 Å². The van der Waals surface area contributed by atoms with Gasteiger partial charge >= 0.3 is 0 Å². The van der Waals surface area contributed by atoms with Gasteiger partial charge in [-0.1, -0.05) is 36.6 Å². The van der Waals surface area contributed by atoms with E-state index in [0.717, 1.165) is 42.3 Å². The number of aromatic nitrogens is 1. The molecule has 138 valence electrons. The Morgan fingerprint density at radius 1 is 1.11 bits per heavy atom. The molecule has 4 rings (SSSR count). The molecule has 0 atom stereocenters. The van der Waals surface area contributed by atoms with Gasteiger partial charge in [-0.05, 0) is 50.1 Å². The normalized spacial score (nSPS) is 14.6. The van der Waals surface area contributed by atoms with Crippen molar-refractivity contribution in [2.75, 3.05) is 5.32 Å². The molecule has 0 aliphatic heterocycles. The van der Waals surface area contributed by atoms with E-state index in [-0.39, 0.29) is 17.6 Å². The number of carbonyl (C=O) groups is 2. The summed E-state index contributed by atoms with van der Waals surface area (Å²) in [6.45, 7) is 1.88. The molecule has 4 nitrogen and oxygen atoms in total. The highest BCUT2D eigenvalue weighted by atomic mass is 35.5. The van der Waals surface area contributed by atoms with E-state index in [2.05, 4.69) is 10.3 Å². The molecule has 2 N–H and O–H groups in total. The fraction of sp³-hybridized carbons (Fsp3) is 0.273. The van der Waals surface area contributed by atoms with Crippen molar-refractivity contribution in [2.24, 2.45) is 5.92 Å². The Morgan fingerprint density at radius 2 is 1.85 bits per heavy atom. The lowest BCUT2D eigenvalue weighted by atomic mass is 10.00. The summed E-state index contributed by atoms with van der Waals surface area (Å²) in [4.78, 5) is 28.8. The highest BCUT2D eigenvalue weighted by molar-refractivity contribution is 6.35. The van der Waals surface area contributed by atoms with E-state index in [1.165, 1.54) is 0 Å². The smallest absolute Gasteiger partial charge is 0.227 e. The Labute approximate surface area is 162 Å². The predicted octanol–water partition coefficient (Wildman–Crippen LogP) is 5.49. The van der Waals surface area contributed by atoms with E-state index in [1.54, 1.807) is 24.3 Å². The number of hydrogen-bond donors (Lipinski definition) is 2. The van der Waals surface area contributed by atoms with E-state index in [9.17, 15) is 9.59 Å². The third-order valence-electron chi connectivity index (χ3n) is 5.33. The van der Waals surface area contributed by atoms with Crippen molar-refractivity contribution < 1.29 is 9.59 Å². The quantitative estimate of drug-likeness (QED) is 0.588. The van der Waals surface area contributed by atoms with Crippen LogP contribution in [0.1, 0.15) is 47.3 Å². The Kier molecular flexibility index (Phi) is 4.75. The Bertz CT molecular complexity index is 1030. The van der Waals surface area contributed by atoms with Gasteiger partial charge in [-0.25, -0.2) is 0 Å². The van der Waals surface area contributed by atoms with Crippen LogP contribution in [0.3, 0.4) is 0 Å². The number of benzene rings is 2. The van der Waals surface area contributed by atoms with Gasteiger partial charge in [0, 0.05) is 33.8 Å². The molecule has 1 aliphatic rings. The second-order valence-corrected chi connectivity index (χ2v) is 7.57.